The first-order valence-corrected chi connectivity index (χ1v) is 13.7. The van der Waals surface area contributed by atoms with E-state index >= 15 is 0 Å². The first-order chi connectivity index (χ1) is 18.4. The van der Waals surface area contributed by atoms with Gasteiger partial charge in [0.05, 0.1) is 31.2 Å². The molecule has 3 aliphatic rings. The minimum Gasteiger partial charge on any atom is -0.477 e. The van der Waals surface area contributed by atoms with E-state index in [0.717, 1.165) is 38.8 Å². The summed E-state index contributed by atoms with van der Waals surface area (Å²) in [6, 6.07) is 4.82. The number of carboxylic acid groups (broad SMARTS) is 1. The number of carboxylic acids is 1. The average molecular weight is 526 g/mol. The van der Waals surface area contributed by atoms with E-state index in [1.165, 1.54) is 18.7 Å². The summed E-state index contributed by atoms with van der Waals surface area (Å²) in [6.45, 7) is 3.81. The maximum Gasteiger partial charge on any atom is 0.354 e. The van der Waals surface area contributed by atoms with E-state index in [0.29, 0.717) is 63.1 Å². The highest BCUT2D eigenvalue weighted by Gasteiger charge is 2.38. The van der Waals surface area contributed by atoms with Crippen molar-refractivity contribution in [2.24, 2.45) is 10.9 Å². The molecule has 11 heteroatoms. The summed E-state index contributed by atoms with van der Waals surface area (Å²) < 4.78 is 5.53. The Morgan fingerprint density at radius 2 is 1.92 bits per heavy atom. The molecule has 0 radical (unpaired) electrons. The van der Waals surface area contributed by atoms with Gasteiger partial charge in [0.25, 0.3) is 0 Å². The maximum atomic E-state index is 13.8. The molecule has 1 aromatic rings. The fourth-order valence-electron chi connectivity index (χ4n) is 5.38. The van der Waals surface area contributed by atoms with Crippen molar-refractivity contribution >= 4 is 23.5 Å². The number of amides is 1. The summed E-state index contributed by atoms with van der Waals surface area (Å²) in [5, 5.41) is 25.6. The molecule has 1 atom stereocenters. The highest BCUT2D eigenvalue weighted by Crippen LogP contribution is 2.29. The molecule has 1 aromatic heterocycles. The quantitative estimate of drug-likeness (QED) is 0.361. The monoisotopic (exact) mass is 525 g/mol. The van der Waals surface area contributed by atoms with Crippen LogP contribution in [0.3, 0.4) is 0 Å². The number of aromatic nitrogens is 1. The van der Waals surface area contributed by atoms with Crippen LogP contribution < -0.4 is 10.6 Å². The highest BCUT2D eigenvalue weighted by molar-refractivity contribution is 5.96. The predicted octanol–water partition coefficient (Wildman–Crippen LogP) is 2.32. The number of morpholine rings is 1. The summed E-state index contributed by atoms with van der Waals surface area (Å²) in [4.78, 5) is 38.2. The van der Waals surface area contributed by atoms with Crippen molar-refractivity contribution in [2.45, 2.75) is 62.9 Å². The summed E-state index contributed by atoms with van der Waals surface area (Å²) in [7, 11) is 2.03. The third-order valence-electron chi connectivity index (χ3n) is 7.83. The molecule has 2 aliphatic heterocycles. The van der Waals surface area contributed by atoms with Crippen molar-refractivity contribution in [1.29, 1.82) is 5.26 Å². The molecule has 2 saturated heterocycles. The third kappa shape index (κ3) is 7.42. The Kier molecular flexibility index (Phi) is 9.53. The summed E-state index contributed by atoms with van der Waals surface area (Å²) in [5.41, 5.74) is -0.344. The first kappa shape index (κ1) is 27.8. The normalized spacial score (nSPS) is 21.8. The van der Waals surface area contributed by atoms with Crippen molar-refractivity contribution in [3.8, 4) is 6.07 Å². The van der Waals surface area contributed by atoms with Crippen molar-refractivity contribution in [3.63, 3.8) is 0 Å². The topological polar surface area (TPSA) is 143 Å². The van der Waals surface area contributed by atoms with Crippen LogP contribution in [0, 0.1) is 17.2 Å². The van der Waals surface area contributed by atoms with Crippen molar-refractivity contribution in [2.75, 3.05) is 51.8 Å². The number of ether oxygens (including phenoxy) is 1. The van der Waals surface area contributed by atoms with Gasteiger partial charge in [0.2, 0.25) is 5.91 Å². The van der Waals surface area contributed by atoms with E-state index in [1.807, 2.05) is 11.9 Å². The Labute approximate surface area is 224 Å². The molecule has 0 aromatic carbocycles. The van der Waals surface area contributed by atoms with Crippen molar-refractivity contribution < 1.29 is 19.4 Å². The van der Waals surface area contributed by atoms with Crippen LogP contribution in [0.15, 0.2) is 23.3 Å². The van der Waals surface area contributed by atoms with Crippen LogP contribution in [0.25, 0.3) is 0 Å². The van der Waals surface area contributed by atoms with Gasteiger partial charge in [0, 0.05) is 26.2 Å². The summed E-state index contributed by atoms with van der Waals surface area (Å²) in [6.07, 6.45) is 8.95. The Bertz CT molecular complexity index is 1020. The lowest BCUT2D eigenvalue weighted by Gasteiger charge is -2.37. The van der Waals surface area contributed by atoms with Crippen LogP contribution >= 0.6 is 0 Å². The number of hydrogen-bond acceptors (Lipinski definition) is 7. The van der Waals surface area contributed by atoms with Crippen molar-refractivity contribution in [3.05, 3.63) is 24.0 Å². The van der Waals surface area contributed by atoms with Gasteiger partial charge in [-0.15, -0.1) is 0 Å². The van der Waals surface area contributed by atoms with Gasteiger partial charge >= 0.3 is 5.97 Å². The molecule has 1 amide bonds. The zero-order chi connectivity index (χ0) is 27.0. The number of rotatable bonds is 7. The van der Waals surface area contributed by atoms with Gasteiger partial charge in [-0.3, -0.25) is 4.79 Å². The molecular formula is C27H39N7O4. The Morgan fingerprint density at radius 3 is 2.53 bits per heavy atom. The van der Waals surface area contributed by atoms with E-state index in [-0.39, 0.29) is 11.6 Å². The number of piperidine rings is 1. The molecule has 0 bridgehead atoms. The number of nitrogens with zero attached hydrogens (tertiary/aromatic N) is 5. The molecule has 1 unspecified atom stereocenters. The molecule has 3 heterocycles. The predicted molar refractivity (Wildman–Crippen MR) is 143 cm³/mol. The zero-order valence-electron chi connectivity index (χ0n) is 22.2. The Morgan fingerprint density at radius 1 is 1.21 bits per heavy atom. The van der Waals surface area contributed by atoms with Crippen molar-refractivity contribution in [1.82, 2.24) is 20.1 Å². The number of nitriles is 1. The second kappa shape index (κ2) is 13.0. The van der Waals surface area contributed by atoms with Crippen LogP contribution in [0.4, 0.5) is 5.69 Å². The molecule has 4 rings (SSSR count). The number of nitrogens with one attached hydrogen (secondary N) is 2. The molecular weight excluding hydrogens is 486 g/mol. The molecule has 38 heavy (non-hydrogen) atoms. The fraction of sp³-hybridized carbons (Fsp3) is 0.667. The lowest BCUT2D eigenvalue weighted by atomic mass is 9.84. The maximum absolute atomic E-state index is 13.8. The third-order valence-corrected chi connectivity index (χ3v) is 7.83. The van der Waals surface area contributed by atoms with Gasteiger partial charge in [-0.2, -0.15) is 5.26 Å². The molecule has 1 aliphatic carbocycles. The smallest absolute Gasteiger partial charge is 0.354 e. The molecule has 3 N–H and O–H groups in total. The summed E-state index contributed by atoms with van der Waals surface area (Å²) >= 11 is 0. The van der Waals surface area contributed by atoms with E-state index in [4.69, 9.17) is 9.73 Å². The second-order valence-electron chi connectivity index (χ2n) is 10.7. The SMILES string of the molecule is CN1CCC(C#N)(NC(=O)C(CC2CCCCC2)N=C(Nc2ccc(C(=O)O)nc2)N2CCOCC2)CC1. The molecule has 206 valence electrons. The largest absolute Gasteiger partial charge is 0.477 e. The minimum absolute atomic E-state index is 0.0464. The van der Waals surface area contributed by atoms with Gasteiger partial charge in [-0.1, -0.05) is 32.1 Å². The number of pyridine rings is 1. The van der Waals surface area contributed by atoms with Gasteiger partial charge in [0.1, 0.15) is 17.3 Å². The zero-order valence-corrected chi connectivity index (χ0v) is 22.2. The lowest BCUT2D eigenvalue weighted by molar-refractivity contribution is -0.124. The fourth-order valence-corrected chi connectivity index (χ4v) is 5.38. The number of carbonyl (C=O) groups excluding carboxylic acids is 1. The Balaban J connectivity index is 1.60. The highest BCUT2D eigenvalue weighted by atomic mass is 16.5. The van der Waals surface area contributed by atoms with E-state index in [9.17, 15) is 20.0 Å². The number of anilines is 1. The molecule has 11 nitrogen and oxygen atoms in total. The van der Waals surface area contributed by atoms with Gasteiger partial charge < -0.3 is 30.3 Å². The van der Waals surface area contributed by atoms with Crippen LogP contribution in [-0.4, -0.2) is 95.7 Å². The van der Waals surface area contributed by atoms with Crippen LogP contribution in [0.2, 0.25) is 0 Å². The van der Waals surface area contributed by atoms with Gasteiger partial charge in [-0.05, 0) is 44.4 Å². The van der Waals surface area contributed by atoms with E-state index < -0.39 is 17.6 Å². The van der Waals surface area contributed by atoms with Crippen LogP contribution in [-0.2, 0) is 9.53 Å². The van der Waals surface area contributed by atoms with Crippen LogP contribution in [0.1, 0.15) is 61.9 Å². The number of aromatic carboxylic acids is 1. The number of aliphatic imine (C=N–C) groups is 1. The van der Waals surface area contributed by atoms with Crippen LogP contribution in [0.5, 0.6) is 0 Å². The number of guanidine groups is 1. The standard InChI is InChI=1S/C27H39N7O4/c1-33-11-9-27(19-28,10-12-33)32-24(35)23(17-20-5-3-2-4-6-20)31-26(34-13-15-38-16-14-34)30-21-7-8-22(25(36)37)29-18-21/h7-8,18,20,23H,2-6,9-17H2,1H3,(H,30,31)(H,32,35)(H,36,37). The van der Waals surface area contributed by atoms with Gasteiger partial charge in [-0.25, -0.2) is 14.8 Å². The number of carbonyl (C=O) groups is 2. The molecule has 0 spiro atoms. The minimum atomic E-state index is -1.09. The summed E-state index contributed by atoms with van der Waals surface area (Å²) in [5.74, 6) is -0.374. The second-order valence-corrected chi connectivity index (χ2v) is 10.7. The van der Waals surface area contributed by atoms with E-state index in [1.54, 1.807) is 6.07 Å². The average Bonchev–Trinajstić information content (AvgIpc) is 2.95. The molecule has 3 fully saturated rings. The van der Waals surface area contributed by atoms with Gasteiger partial charge in [0.15, 0.2) is 5.96 Å². The Hall–Kier alpha value is -3.23. The number of hydrogen-bond donors (Lipinski definition) is 3. The first-order valence-electron chi connectivity index (χ1n) is 13.7. The lowest BCUT2D eigenvalue weighted by Crippen LogP contribution is -2.56. The molecule has 1 saturated carbocycles. The van der Waals surface area contributed by atoms with E-state index in [2.05, 4.69) is 26.6 Å². The number of likely N-dealkylation sites (tertiary alicyclic amines) is 1.